The van der Waals surface area contributed by atoms with Gasteiger partial charge in [0.2, 0.25) is 0 Å². The van der Waals surface area contributed by atoms with Gasteiger partial charge in [0, 0.05) is 12.5 Å². The van der Waals surface area contributed by atoms with E-state index in [2.05, 4.69) is 9.55 Å². The monoisotopic (exact) mass is 220 g/mol. The van der Waals surface area contributed by atoms with E-state index in [0.717, 1.165) is 30.9 Å². The lowest BCUT2D eigenvalue weighted by atomic mass is 10.1. The number of aromatic nitrogens is 2. The third-order valence-electron chi connectivity index (χ3n) is 3.82. The van der Waals surface area contributed by atoms with Crippen LogP contribution >= 0.6 is 0 Å². The van der Waals surface area contributed by atoms with Crippen LogP contribution in [0.4, 0.5) is 0 Å². The van der Waals surface area contributed by atoms with E-state index >= 15 is 0 Å². The first-order valence-corrected chi connectivity index (χ1v) is 6.10. The van der Waals surface area contributed by atoms with Gasteiger partial charge in [-0.15, -0.1) is 0 Å². The molecular formula is C12H16N2O2. The van der Waals surface area contributed by atoms with E-state index in [9.17, 15) is 4.79 Å². The Morgan fingerprint density at radius 1 is 1.31 bits per heavy atom. The van der Waals surface area contributed by atoms with Gasteiger partial charge in [-0.1, -0.05) is 12.8 Å². The zero-order chi connectivity index (χ0) is 11.1. The van der Waals surface area contributed by atoms with Gasteiger partial charge in [0.25, 0.3) is 0 Å². The fraction of sp³-hybridized carbons (Fsp3) is 0.667. The van der Waals surface area contributed by atoms with Crippen molar-refractivity contribution in [2.24, 2.45) is 0 Å². The summed E-state index contributed by atoms with van der Waals surface area (Å²) < 4.78 is 2.17. The van der Waals surface area contributed by atoms with Gasteiger partial charge in [0.05, 0.1) is 5.69 Å². The van der Waals surface area contributed by atoms with Crippen molar-refractivity contribution in [3.8, 4) is 0 Å². The van der Waals surface area contributed by atoms with Crippen molar-refractivity contribution in [3.63, 3.8) is 0 Å². The van der Waals surface area contributed by atoms with Gasteiger partial charge in [0.1, 0.15) is 5.82 Å². The summed E-state index contributed by atoms with van der Waals surface area (Å²) in [6, 6.07) is 0. The van der Waals surface area contributed by atoms with Gasteiger partial charge in [-0.2, -0.15) is 0 Å². The fourth-order valence-corrected chi connectivity index (χ4v) is 3.08. The third kappa shape index (κ3) is 1.36. The van der Waals surface area contributed by atoms with Crippen molar-refractivity contribution in [1.82, 2.24) is 9.55 Å². The second-order valence-electron chi connectivity index (χ2n) is 4.81. The maximum absolute atomic E-state index is 11.1. The second-order valence-corrected chi connectivity index (χ2v) is 4.81. The van der Waals surface area contributed by atoms with E-state index in [0.29, 0.717) is 11.6 Å². The van der Waals surface area contributed by atoms with Crippen LogP contribution in [-0.4, -0.2) is 20.6 Å². The molecule has 0 spiro atoms. The highest BCUT2D eigenvalue weighted by atomic mass is 16.4. The van der Waals surface area contributed by atoms with Crippen LogP contribution in [0.2, 0.25) is 0 Å². The molecule has 0 unspecified atom stereocenters. The number of nitrogens with zero attached hydrogens (tertiary/aromatic N) is 2. The summed E-state index contributed by atoms with van der Waals surface area (Å²) in [5, 5.41) is 9.13. The lowest BCUT2D eigenvalue weighted by Crippen LogP contribution is -2.04. The Labute approximate surface area is 94.3 Å². The Morgan fingerprint density at radius 2 is 2.06 bits per heavy atom. The molecule has 1 N–H and O–H groups in total. The van der Waals surface area contributed by atoms with E-state index in [-0.39, 0.29) is 0 Å². The van der Waals surface area contributed by atoms with E-state index < -0.39 is 5.97 Å². The number of aromatic carboxylic acids is 1. The molecule has 86 valence electrons. The number of hydrogen-bond donors (Lipinski definition) is 1. The first-order chi connectivity index (χ1) is 7.77. The summed E-state index contributed by atoms with van der Waals surface area (Å²) in [5.41, 5.74) is 1.26. The summed E-state index contributed by atoms with van der Waals surface area (Å²) in [5.74, 6) is 0.683. The molecule has 0 bridgehead atoms. The topological polar surface area (TPSA) is 55.1 Å². The van der Waals surface area contributed by atoms with Crippen molar-refractivity contribution >= 4 is 5.97 Å². The van der Waals surface area contributed by atoms with Crippen LogP contribution in [0, 0.1) is 0 Å². The van der Waals surface area contributed by atoms with Gasteiger partial charge in [-0.3, -0.25) is 0 Å². The van der Waals surface area contributed by atoms with Crippen molar-refractivity contribution in [2.75, 3.05) is 0 Å². The molecule has 0 atom stereocenters. The molecule has 1 fully saturated rings. The molecule has 1 saturated carbocycles. The molecule has 3 rings (SSSR count). The van der Waals surface area contributed by atoms with Gasteiger partial charge >= 0.3 is 5.97 Å². The first-order valence-electron chi connectivity index (χ1n) is 6.10. The predicted molar refractivity (Wildman–Crippen MR) is 58.7 cm³/mol. The molecule has 2 aliphatic rings. The number of rotatable bonds is 2. The van der Waals surface area contributed by atoms with Crippen LogP contribution in [-0.2, 0) is 13.0 Å². The zero-order valence-electron chi connectivity index (χ0n) is 9.28. The van der Waals surface area contributed by atoms with Gasteiger partial charge in [-0.25, -0.2) is 9.78 Å². The number of hydrogen-bond acceptors (Lipinski definition) is 2. The highest BCUT2D eigenvalue weighted by Gasteiger charge is 2.30. The molecular weight excluding hydrogens is 204 g/mol. The minimum absolute atomic E-state index is 0.305. The van der Waals surface area contributed by atoms with Crippen molar-refractivity contribution in [3.05, 3.63) is 17.2 Å². The van der Waals surface area contributed by atoms with Gasteiger partial charge in [0.15, 0.2) is 5.69 Å². The van der Waals surface area contributed by atoms with Crippen molar-refractivity contribution < 1.29 is 9.90 Å². The SMILES string of the molecule is O=C(O)c1nc(C2CCCC2)n2c1CCC2. The van der Waals surface area contributed by atoms with Gasteiger partial charge < -0.3 is 9.67 Å². The molecule has 16 heavy (non-hydrogen) atoms. The fourth-order valence-electron chi connectivity index (χ4n) is 3.08. The predicted octanol–water partition coefficient (Wildman–Crippen LogP) is 2.19. The number of carboxylic acids is 1. The molecule has 2 heterocycles. The lowest BCUT2D eigenvalue weighted by Gasteiger charge is -2.09. The first kappa shape index (κ1) is 9.87. The van der Waals surface area contributed by atoms with E-state index in [1.54, 1.807) is 0 Å². The van der Waals surface area contributed by atoms with Crippen LogP contribution in [0.1, 0.15) is 60.0 Å². The van der Waals surface area contributed by atoms with Crippen molar-refractivity contribution in [1.29, 1.82) is 0 Å². The Hall–Kier alpha value is -1.32. The molecule has 1 aliphatic carbocycles. The second kappa shape index (κ2) is 3.61. The maximum atomic E-state index is 11.1. The molecule has 4 nitrogen and oxygen atoms in total. The van der Waals surface area contributed by atoms with Crippen LogP contribution in [0.25, 0.3) is 0 Å². The van der Waals surface area contributed by atoms with E-state index in [1.807, 2.05) is 0 Å². The Balaban J connectivity index is 2.05. The Morgan fingerprint density at radius 3 is 2.75 bits per heavy atom. The van der Waals surface area contributed by atoms with Crippen LogP contribution in [0.15, 0.2) is 0 Å². The normalized spacial score (nSPS) is 20.2. The minimum Gasteiger partial charge on any atom is -0.476 e. The molecule has 1 aromatic rings. The summed E-state index contributed by atoms with van der Waals surface area (Å²) in [4.78, 5) is 15.5. The highest BCUT2D eigenvalue weighted by molar-refractivity contribution is 5.87. The number of imidazole rings is 1. The lowest BCUT2D eigenvalue weighted by molar-refractivity contribution is 0.0689. The maximum Gasteiger partial charge on any atom is 0.356 e. The molecule has 0 radical (unpaired) electrons. The Bertz CT molecular complexity index is 430. The molecule has 0 amide bonds. The average molecular weight is 220 g/mol. The average Bonchev–Trinajstić information content (AvgIpc) is 2.93. The molecule has 4 heteroatoms. The van der Waals surface area contributed by atoms with Crippen molar-refractivity contribution in [2.45, 2.75) is 51.0 Å². The quantitative estimate of drug-likeness (QED) is 0.831. The molecule has 0 aromatic carbocycles. The standard InChI is InChI=1S/C12H16N2O2/c15-12(16)10-9-6-3-7-14(9)11(13-10)8-4-1-2-5-8/h8H,1-7H2,(H,15,16). The number of carbonyl (C=O) groups is 1. The Kier molecular flexibility index (Phi) is 2.23. The minimum atomic E-state index is -0.866. The van der Waals surface area contributed by atoms with Crippen LogP contribution in [0.5, 0.6) is 0 Å². The molecule has 1 aliphatic heterocycles. The van der Waals surface area contributed by atoms with Gasteiger partial charge in [-0.05, 0) is 25.7 Å². The smallest absolute Gasteiger partial charge is 0.356 e. The number of fused-ring (bicyclic) bond motifs is 1. The van der Waals surface area contributed by atoms with E-state index in [4.69, 9.17) is 5.11 Å². The zero-order valence-corrected chi connectivity index (χ0v) is 9.28. The molecule has 1 aromatic heterocycles. The highest BCUT2D eigenvalue weighted by Crippen LogP contribution is 2.36. The summed E-state index contributed by atoms with van der Waals surface area (Å²) in [6.07, 6.45) is 6.81. The van der Waals surface area contributed by atoms with Crippen LogP contribution < -0.4 is 0 Å². The summed E-state index contributed by atoms with van der Waals surface area (Å²) in [6.45, 7) is 0.960. The summed E-state index contributed by atoms with van der Waals surface area (Å²) >= 11 is 0. The third-order valence-corrected chi connectivity index (χ3v) is 3.82. The molecule has 0 saturated heterocycles. The number of carboxylic acid groups (broad SMARTS) is 1. The summed E-state index contributed by atoms with van der Waals surface area (Å²) in [7, 11) is 0. The van der Waals surface area contributed by atoms with E-state index in [1.165, 1.54) is 25.7 Å². The largest absolute Gasteiger partial charge is 0.476 e. The van der Waals surface area contributed by atoms with Crippen LogP contribution in [0.3, 0.4) is 0 Å².